The van der Waals surface area contributed by atoms with Crippen molar-refractivity contribution in [3.8, 4) is 0 Å². The number of amides is 1. The summed E-state index contributed by atoms with van der Waals surface area (Å²) >= 11 is 0. The summed E-state index contributed by atoms with van der Waals surface area (Å²) in [5, 5.41) is 11.1. The van der Waals surface area contributed by atoms with Crippen LogP contribution in [0, 0.1) is 0 Å². The molecule has 1 unspecified atom stereocenters. The highest BCUT2D eigenvalue weighted by molar-refractivity contribution is 7.90. The Kier molecular flexibility index (Phi) is 7.53. The molecule has 18 heavy (non-hydrogen) atoms. The van der Waals surface area contributed by atoms with E-state index in [1.165, 1.54) is 0 Å². The number of sulfone groups is 1. The minimum absolute atomic E-state index is 0.159. The van der Waals surface area contributed by atoms with Crippen molar-refractivity contribution in [3.63, 3.8) is 0 Å². The highest BCUT2D eigenvalue weighted by atomic mass is 32.2. The van der Waals surface area contributed by atoms with Crippen molar-refractivity contribution in [1.82, 2.24) is 5.32 Å². The zero-order valence-electron chi connectivity index (χ0n) is 10.5. The van der Waals surface area contributed by atoms with E-state index < -0.39 is 27.8 Å². The zero-order valence-corrected chi connectivity index (χ0v) is 11.3. The van der Waals surface area contributed by atoms with Gasteiger partial charge < -0.3 is 15.2 Å². The molecule has 0 aliphatic rings. The molecule has 0 aromatic rings. The van der Waals surface area contributed by atoms with Crippen molar-refractivity contribution in [3.05, 3.63) is 0 Å². The van der Waals surface area contributed by atoms with Crippen LogP contribution < -0.4 is 5.32 Å². The number of rotatable bonds is 9. The first-order chi connectivity index (χ1) is 8.26. The Morgan fingerprint density at radius 2 is 2.00 bits per heavy atom. The van der Waals surface area contributed by atoms with Crippen molar-refractivity contribution >= 4 is 21.7 Å². The van der Waals surface area contributed by atoms with Crippen LogP contribution in [0.25, 0.3) is 0 Å². The Morgan fingerprint density at radius 3 is 2.44 bits per heavy atom. The maximum absolute atomic E-state index is 11.3. The molecule has 0 spiro atoms. The van der Waals surface area contributed by atoms with Crippen LogP contribution >= 0.6 is 0 Å². The van der Waals surface area contributed by atoms with E-state index in [0.717, 1.165) is 12.7 Å². The van der Waals surface area contributed by atoms with E-state index in [4.69, 9.17) is 9.84 Å². The molecule has 0 fully saturated rings. The molecule has 0 heterocycles. The Hall–Kier alpha value is -1.15. The number of ether oxygens (including phenoxy) is 1. The second kappa shape index (κ2) is 8.04. The molecule has 1 amide bonds. The molecule has 0 saturated carbocycles. The second-order valence-corrected chi connectivity index (χ2v) is 6.19. The SMILES string of the molecule is CCCOCC(=O)NC(CCS(C)(=O)=O)C(=O)O. The van der Waals surface area contributed by atoms with Crippen molar-refractivity contribution in [1.29, 1.82) is 0 Å². The van der Waals surface area contributed by atoms with Gasteiger partial charge in [0.1, 0.15) is 22.5 Å². The number of hydrogen-bond acceptors (Lipinski definition) is 5. The number of nitrogens with one attached hydrogen (secondary N) is 1. The molecule has 0 aromatic heterocycles. The first kappa shape index (κ1) is 16.9. The van der Waals surface area contributed by atoms with Crippen LogP contribution in [0.2, 0.25) is 0 Å². The lowest BCUT2D eigenvalue weighted by atomic mass is 10.2. The molecule has 0 saturated heterocycles. The molecular formula is C10H19NO6S. The molecular weight excluding hydrogens is 262 g/mol. The van der Waals surface area contributed by atoms with Crippen LogP contribution in [0.15, 0.2) is 0 Å². The lowest BCUT2D eigenvalue weighted by Gasteiger charge is -2.13. The fourth-order valence-corrected chi connectivity index (χ4v) is 1.80. The predicted molar refractivity (Wildman–Crippen MR) is 65.0 cm³/mol. The largest absolute Gasteiger partial charge is 0.480 e. The predicted octanol–water partition coefficient (Wildman–Crippen LogP) is -0.583. The topological polar surface area (TPSA) is 110 Å². The van der Waals surface area contributed by atoms with Crippen LogP contribution in [-0.2, 0) is 24.2 Å². The summed E-state index contributed by atoms with van der Waals surface area (Å²) in [6.07, 6.45) is 1.61. The average Bonchev–Trinajstić information content (AvgIpc) is 2.22. The molecule has 0 rings (SSSR count). The molecule has 0 aliphatic carbocycles. The van der Waals surface area contributed by atoms with Gasteiger partial charge in [0.15, 0.2) is 0 Å². The molecule has 8 heteroatoms. The third-order valence-electron chi connectivity index (χ3n) is 1.99. The smallest absolute Gasteiger partial charge is 0.326 e. The van der Waals surface area contributed by atoms with Gasteiger partial charge in [-0.3, -0.25) is 4.79 Å². The van der Waals surface area contributed by atoms with Gasteiger partial charge in [-0.1, -0.05) is 6.92 Å². The van der Waals surface area contributed by atoms with Gasteiger partial charge in [0.25, 0.3) is 0 Å². The highest BCUT2D eigenvalue weighted by Gasteiger charge is 2.21. The molecule has 7 nitrogen and oxygen atoms in total. The number of hydrogen-bond donors (Lipinski definition) is 2. The van der Waals surface area contributed by atoms with Gasteiger partial charge in [-0.25, -0.2) is 13.2 Å². The van der Waals surface area contributed by atoms with Crippen LogP contribution in [0.5, 0.6) is 0 Å². The molecule has 106 valence electrons. The summed E-state index contributed by atoms with van der Waals surface area (Å²) in [5.41, 5.74) is 0. The quantitative estimate of drug-likeness (QED) is 0.547. The van der Waals surface area contributed by atoms with Gasteiger partial charge in [-0.2, -0.15) is 0 Å². The highest BCUT2D eigenvalue weighted by Crippen LogP contribution is 1.97. The molecule has 0 bridgehead atoms. The number of carbonyl (C=O) groups is 2. The number of aliphatic carboxylic acids is 1. The molecule has 0 aliphatic heterocycles. The Bertz CT molecular complexity index is 378. The Labute approximate surface area is 106 Å². The normalized spacial score (nSPS) is 13.0. The molecule has 2 N–H and O–H groups in total. The van der Waals surface area contributed by atoms with Crippen LogP contribution in [0.3, 0.4) is 0 Å². The minimum Gasteiger partial charge on any atom is -0.480 e. The maximum atomic E-state index is 11.3. The number of carboxylic acids is 1. The van der Waals surface area contributed by atoms with Crippen molar-refractivity contribution in [2.45, 2.75) is 25.8 Å². The fraction of sp³-hybridized carbons (Fsp3) is 0.800. The van der Waals surface area contributed by atoms with E-state index in [0.29, 0.717) is 6.61 Å². The second-order valence-electron chi connectivity index (χ2n) is 3.93. The summed E-state index contributed by atoms with van der Waals surface area (Å²) in [7, 11) is -3.26. The lowest BCUT2D eigenvalue weighted by Crippen LogP contribution is -2.43. The lowest BCUT2D eigenvalue weighted by molar-refractivity contribution is -0.142. The van der Waals surface area contributed by atoms with Gasteiger partial charge in [0, 0.05) is 12.9 Å². The average molecular weight is 281 g/mol. The Balaban J connectivity index is 4.19. The van der Waals surface area contributed by atoms with Gasteiger partial charge in [-0.15, -0.1) is 0 Å². The number of carboxylic acid groups (broad SMARTS) is 1. The van der Waals surface area contributed by atoms with E-state index in [2.05, 4.69) is 5.32 Å². The summed E-state index contributed by atoms with van der Waals surface area (Å²) in [4.78, 5) is 22.1. The first-order valence-electron chi connectivity index (χ1n) is 5.54. The van der Waals surface area contributed by atoms with E-state index >= 15 is 0 Å². The van der Waals surface area contributed by atoms with E-state index in [9.17, 15) is 18.0 Å². The third-order valence-corrected chi connectivity index (χ3v) is 2.97. The summed E-state index contributed by atoms with van der Waals surface area (Å²) in [6, 6.07) is -1.21. The van der Waals surface area contributed by atoms with Gasteiger partial charge in [-0.05, 0) is 12.8 Å². The summed E-state index contributed by atoms with van der Waals surface area (Å²) in [6.45, 7) is 2.06. The number of carbonyl (C=O) groups excluding carboxylic acids is 1. The minimum atomic E-state index is -3.26. The first-order valence-corrected chi connectivity index (χ1v) is 7.60. The van der Waals surface area contributed by atoms with E-state index in [1.807, 2.05) is 6.92 Å². The standard InChI is InChI=1S/C10H19NO6S/c1-3-5-17-7-9(12)11-8(10(13)14)4-6-18(2,15)16/h8H,3-7H2,1-2H3,(H,11,12)(H,13,14). The molecule has 0 aromatic carbocycles. The van der Waals surface area contributed by atoms with E-state index in [1.54, 1.807) is 0 Å². The van der Waals surface area contributed by atoms with Crippen LogP contribution in [0.4, 0.5) is 0 Å². The van der Waals surface area contributed by atoms with Gasteiger partial charge >= 0.3 is 5.97 Å². The molecule has 1 atom stereocenters. The van der Waals surface area contributed by atoms with Crippen molar-refractivity contribution < 1.29 is 27.9 Å². The van der Waals surface area contributed by atoms with Gasteiger partial charge in [0.05, 0.1) is 5.75 Å². The summed E-state index contributed by atoms with van der Waals surface area (Å²) in [5.74, 6) is -2.12. The van der Waals surface area contributed by atoms with Crippen LogP contribution in [-0.4, -0.2) is 56.7 Å². The monoisotopic (exact) mass is 281 g/mol. The van der Waals surface area contributed by atoms with Gasteiger partial charge in [0.2, 0.25) is 5.91 Å². The fourth-order valence-electron chi connectivity index (χ4n) is 1.13. The van der Waals surface area contributed by atoms with Crippen molar-refractivity contribution in [2.75, 3.05) is 25.2 Å². The van der Waals surface area contributed by atoms with Crippen LogP contribution in [0.1, 0.15) is 19.8 Å². The zero-order chi connectivity index (χ0) is 14.2. The maximum Gasteiger partial charge on any atom is 0.326 e. The Morgan fingerprint density at radius 1 is 1.39 bits per heavy atom. The third kappa shape index (κ3) is 8.94. The van der Waals surface area contributed by atoms with Crippen molar-refractivity contribution in [2.24, 2.45) is 0 Å². The summed E-state index contributed by atoms with van der Waals surface area (Å²) < 4.78 is 26.8. The molecule has 0 radical (unpaired) electrons. The van der Waals surface area contributed by atoms with E-state index in [-0.39, 0.29) is 18.8 Å².